The third-order valence-corrected chi connectivity index (χ3v) is 3.05. The largest absolute Gasteiger partial charge is 0.354 e. The normalized spacial score (nSPS) is 11.0. The highest BCUT2D eigenvalue weighted by Gasteiger charge is 2.06. The van der Waals surface area contributed by atoms with Crippen LogP contribution in [0.1, 0.15) is 23.2 Å². The number of aromatic nitrogens is 2. The minimum Gasteiger partial charge on any atom is -0.354 e. The number of nitrogens with one attached hydrogen (secondary N) is 2. The monoisotopic (exact) mass is 308 g/mol. The summed E-state index contributed by atoms with van der Waals surface area (Å²) in [4.78, 5) is 24.5. The van der Waals surface area contributed by atoms with Crippen LogP contribution in [0, 0.1) is 0 Å². The van der Waals surface area contributed by atoms with Gasteiger partial charge in [-0.05, 0) is 54.1 Å². The van der Waals surface area contributed by atoms with Crippen molar-refractivity contribution >= 4 is 11.9 Å². The molecular weight excluding hydrogens is 280 g/mol. The smallest absolute Gasteiger partial charge is 0.254 e. The molecule has 7 heteroatoms. The molecule has 0 aliphatic heterocycles. The molecule has 0 saturated carbocycles. The molecule has 1 aromatic heterocycles. The van der Waals surface area contributed by atoms with Gasteiger partial charge in [-0.1, -0.05) is 0 Å². The van der Waals surface area contributed by atoms with Gasteiger partial charge in [-0.2, -0.15) is 0 Å². The Morgan fingerprint density at radius 3 is 2.09 bits per heavy atom. The molecule has 0 bridgehead atoms. The Morgan fingerprint density at radius 1 is 1.00 bits per heavy atom. The number of hydrogen-bond acceptors (Lipinski definition) is 6. The van der Waals surface area contributed by atoms with Gasteiger partial charge in [-0.15, -0.1) is 0 Å². The number of amides is 1. The lowest BCUT2D eigenvalue weighted by Crippen LogP contribution is -2.27. The fourth-order valence-corrected chi connectivity index (χ4v) is 1.83. The van der Waals surface area contributed by atoms with Crippen LogP contribution in [-0.4, -0.2) is 80.0 Å². The maximum Gasteiger partial charge on any atom is 0.254 e. The van der Waals surface area contributed by atoms with E-state index in [1.165, 1.54) is 0 Å². The van der Waals surface area contributed by atoms with Gasteiger partial charge in [-0.25, -0.2) is 9.97 Å². The summed E-state index contributed by atoms with van der Waals surface area (Å²) in [5.74, 6) is 0.431. The van der Waals surface area contributed by atoms with E-state index in [-0.39, 0.29) is 5.91 Å². The third-order valence-electron chi connectivity index (χ3n) is 3.05. The molecule has 1 amide bonds. The topological polar surface area (TPSA) is 73.4 Å². The second-order valence-corrected chi connectivity index (χ2v) is 5.79. The van der Waals surface area contributed by atoms with Crippen LogP contribution in [0.2, 0.25) is 0 Å². The lowest BCUT2D eigenvalue weighted by molar-refractivity contribution is 0.0951. The fraction of sp³-hybridized carbons (Fsp3) is 0.667. The van der Waals surface area contributed by atoms with Gasteiger partial charge >= 0.3 is 0 Å². The molecule has 0 unspecified atom stereocenters. The summed E-state index contributed by atoms with van der Waals surface area (Å²) in [6.45, 7) is 3.43. The van der Waals surface area contributed by atoms with Crippen LogP contribution in [-0.2, 0) is 0 Å². The molecule has 1 rings (SSSR count). The molecule has 22 heavy (non-hydrogen) atoms. The molecule has 1 aromatic rings. The Labute approximate surface area is 133 Å². The van der Waals surface area contributed by atoms with Crippen LogP contribution in [0.4, 0.5) is 5.95 Å². The number of nitrogens with zero attached hydrogens (tertiary/aromatic N) is 4. The second kappa shape index (κ2) is 10.1. The van der Waals surface area contributed by atoms with Gasteiger partial charge in [0.05, 0.1) is 5.56 Å². The van der Waals surface area contributed by atoms with Gasteiger partial charge in [0.2, 0.25) is 5.95 Å². The summed E-state index contributed by atoms with van der Waals surface area (Å²) >= 11 is 0. The highest BCUT2D eigenvalue weighted by molar-refractivity contribution is 5.93. The van der Waals surface area contributed by atoms with E-state index in [1.54, 1.807) is 12.4 Å². The molecule has 0 aliphatic rings. The first kappa shape index (κ1) is 18.3. The van der Waals surface area contributed by atoms with Gasteiger partial charge in [0.25, 0.3) is 5.91 Å². The Bertz CT molecular complexity index is 432. The van der Waals surface area contributed by atoms with E-state index in [1.807, 2.05) is 28.2 Å². The van der Waals surface area contributed by atoms with Crippen LogP contribution in [0.5, 0.6) is 0 Å². The first-order chi connectivity index (χ1) is 10.5. The maximum absolute atomic E-state index is 11.9. The molecule has 0 aromatic carbocycles. The SMILES string of the molecule is CN(C)CCCNC(=O)c1cnc(NCCCN(C)C)nc1. The van der Waals surface area contributed by atoms with Crippen molar-refractivity contribution in [2.24, 2.45) is 0 Å². The number of rotatable bonds is 10. The molecule has 7 nitrogen and oxygen atoms in total. The zero-order valence-electron chi connectivity index (χ0n) is 14.1. The standard InChI is InChI=1S/C15H28N6O/c1-20(2)9-5-7-16-14(22)13-11-18-15(19-12-13)17-8-6-10-21(3)4/h11-12H,5-10H2,1-4H3,(H,16,22)(H,17,18,19). The van der Waals surface area contributed by atoms with Gasteiger partial charge < -0.3 is 20.4 Å². The predicted molar refractivity (Wildman–Crippen MR) is 89.2 cm³/mol. The third kappa shape index (κ3) is 7.90. The first-order valence-electron chi connectivity index (χ1n) is 7.62. The summed E-state index contributed by atoms with van der Waals surface area (Å²) in [7, 11) is 8.12. The molecule has 0 radical (unpaired) electrons. The van der Waals surface area contributed by atoms with Gasteiger partial charge in [0.1, 0.15) is 0 Å². The van der Waals surface area contributed by atoms with Gasteiger partial charge in [0, 0.05) is 25.5 Å². The average molecular weight is 308 g/mol. The van der Waals surface area contributed by atoms with E-state index in [2.05, 4.69) is 30.4 Å². The van der Waals surface area contributed by atoms with Crippen LogP contribution in [0.3, 0.4) is 0 Å². The Hall–Kier alpha value is -1.73. The summed E-state index contributed by atoms with van der Waals surface area (Å²) < 4.78 is 0. The Kier molecular flexibility index (Phi) is 8.39. The van der Waals surface area contributed by atoms with Crippen molar-refractivity contribution in [1.82, 2.24) is 25.1 Å². The zero-order valence-corrected chi connectivity index (χ0v) is 14.1. The zero-order chi connectivity index (χ0) is 16.4. The lowest BCUT2D eigenvalue weighted by Gasteiger charge is -2.10. The minimum atomic E-state index is -0.127. The summed E-state index contributed by atoms with van der Waals surface area (Å²) in [6.07, 6.45) is 5.06. The summed E-state index contributed by atoms with van der Waals surface area (Å²) in [5.41, 5.74) is 0.490. The van der Waals surface area contributed by atoms with Crippen molar-refractivity contribution in [2.45, 2.75) is 12.8 Å². The highest BCUT2D eigenvalue weighted by atomic mass is 16.1. The molecule has 0 atom stereocenters. The molecule has 124 valence electrons. The Balaban J connectivity index is 2.29. The molecule has 2 N–H and O–H groups in total. The van der Waals surface area contributed by atoms with Crippen LogP contribution >= 0.6 is 0 Å². The van der Waals surface area contributed by atoms with Crippen molar-refractivity contribution in [3.8, 4) is 0 Å². The van der Waals surface area contributed by atoms with Crippen molar-refractivity contribution in [2.75, 3.05) is 59.7 Å². The number of anilines is 1. The molecule has 0 saturated heterocycles. The van der Waals surface area contributed by atoms with Gasteiger partial charge in [-0.3, -0.25) is 4.79 Å². The van der Waals surface area contributed by atoms with E-state index < -0.39 is 0 Å². The Morgan fingerprint density at radius 2 is 1.55 bits per heavy atom. The molecule has 0 aliphatic carbocycles. The van der Waals surface area contributed by atoms with Crippen molar-refractivity contribution in [3.05, 3.63) is 18.0 Å². The van der Waals surface area contributed by atoms with Crippen molar-refractivity contribution in [1.29, 1.82) is 0 Å². The van der Waals surface area contributed by atoms with E-state index in [4.69, 9.17) is 0 Å². The lowest BCUT2D eigenvalue weighted by atomic mass is 10.3. The molecule has 0 fully saturated rings. The number of carbonyl (C=O) groups is 1. The van der Waals surface area contributed by atoms with E-state index in [0.717, 1.165) is 32.5 Å². The first-order valence-corrected chi connectivity index (χ1v) is 7.62. The van der Waals surface area contributed by atoms with E-state index in [9.17, 15) is 4.79 Å². The van der Waals surface area contributed by atoms with Crippen LogP contribution < -0.4 is 10.6 Å². The van der Waals surface area contributed by atoms with Crippen molar-refractivity contribution in [3.63, 3.8) is 0 Å². The average Bonchev–Trinajstić information content (AvgIpc) is 2.48. The highest BCUT2D eigenvalue weighted by Crippen LogP contribution is 2.00. The quantitative estimate of drug-likeness (QED) is 0.614. The fourth-order valence-electron chi connectivity index (χ4n) is 1.83. The molecule has 1 heterocycles. The van der Waals surface area contributed by atoms with Crippen LogP contribution in [0.25, 0.3) is 0 Å². The number of hydrogen-bond donors (Lipinski definition) is 2. The predicted octanol–water partition coefficient (Wildman–Crippen LogP) is 0.522. The van der Waals surface area contributed by atoms with E-state index in [0.29, 0.717) is 18.1 Å². The summed E-state index contributed by atoms with van der Waals surface area (Å²) in [5, 5.41) is 6.01. The van der Waals surface area contributed by atoms with Crippen LogP contribution in [0.15, 0.2) is 12.4 Å². The van der Waals surface area contributed by atoms with E-state index >= 15 is 0 Å². The summed E-state index contributed by atoms with van der Waals surface area (Å²) in [6, 6.07) is 0. The van der Waals surface area contributed by atoms with Gasteiger partial charge in [0.15, 0.2) is 0 Å². The number of carbonyl (C=O) groups excluding carboxylic acids is 1. The minimum absolute atomic E-state index is 0.127. The molecule has 0 spiro atoms. The molecular formula is C15H28N6O. The van der Waals surface area contributed by atoms with Crippen molar-refractivity contribution < 1.29 is 4.79 Å². The second-order valence-electron chi connectivity index (χ2n) is 5.79. The maximum atomic E-state index is 11.9.